The lowest BCUT2D eigenvalue weighted by Gasteiger charge is -2.11. The number of aromatic hydroxyl groups is 1. The number of ether oxygens (including phenoxy) is 2. The summed E-state index contributed by atoms with van der Waals surface area (Å²) >= 11 is 6.13. The average Bonchev–Trinajstić information content (AvgIpc) is 2.49. The van der Waals surface area contributed by atoms with Crippen LogP contribution >= 0.6 is 11.6 Å². The standard InChI is InChI=1S/C16H18ClNO3/c1-3-21-16-7-4-12(9-14(16)17)18-10-11-8-13(20-2)5-6-15(11)19/h4-9,18-19H,3,10H2,1-2H3. The summed E-state index contributed by atoms with van der Waals surface area (Å²) in [5.74, 6) is 1.59. The highest BCUT2D eigenvalue weighted by molar-refractivity contribution is 6.32. The van der Waals surface area contributed by atoms with E-state index in [0.29, 0.717) is 29.7 Å². The molecular formula is C16H18ClNO3. The monoisotopic (exact) mass is 307 g/mol. The number of hydrogen-bond donors (Lipinski definition) is 2. The van der Waals surface area contributed by atoms with Crippen molar-refractivity contribution in [3.8, 4) is 17.2 Å². The van der Waals surface area contributed by atoms with Crippen LogP contribution in [0.4, 0.5) is 5.69 Å². The van der Waals surface area contributed by atoms with Crippen molar-refractivity contribution in [2.45, 2.75) is 13.5 Å². The number of halogens is 1. The highest BCUT2D eigenvalue weighted by Gasteiger charge is 2.05. The number of benzene rings is 2. The molecule has 21 heavy (non-hydrogen) atoms. The predicted molar refractivity (Wildman–Crippen MR) is 84.6 cm³/mol. The van der Waals surface area contributed by atoms with E-state index in [1.165, 1.54) is 0 Å². The van der Waals surface area contributed by atoms with Crippen LogP contribution in [-0.2, 0) is 6.54 Å². The molecule has 0 amide bonds. The molecule has 0 aromatic heterocycles. The number of methoxy groups -OCH3 is 1. The zero-order valence-electron chi connectivity index (χ0n) is 12.0. The predicted octanol–water partition coefficient (Wildman–Crippen LogP) is 4.07. The van der Waals surface area contributed by atoms with E-state index in [-0.39, 0.29) is 5.75 Å². The van der Waals surface area contributed by atoms with Gasteiger partial charge in [0.2, 0.25) is 0 Å². The Morgan fingerprint density at radius 2 is 2.00 bits per heavy atom. The van der Waals surface area contributed by atoms with Gasteiger partial charge in [0, 0.05) is 17.8 Å². The first-order chi connectivity index (χ1) is 10.1. The lowest BCUT2D eigenvalue weighted by atomic mass is 10.2. The molecule has 0 spiro atoms. The molecule has 0 aliphatic rings. The molecule has 0 saturated heterocycles. The first-order valence-electron chi connectivity index (χ1n) is 6.66. The number of phenols is 1. The summed E-state index contributed by atoms with van der Waals surface area (Å²) in [4.78, 5) is 0. The second-order valence-electron chi connectivity index (χ2n) is 4.43. The van der Waals surface area contributed by atoms with Crippen molar-refractivity contribution in [2.24, 2.45) is 0 Å². The second-order valence-corrected chi connectivity index (χ2v) is 4.83. The van der Waals surface area contributed by atoms with E-state index in [9.17, 15) is 5.11 Å². The summed E-state index contributed by atoms with van der Waals surface area (Å²) in [6.07, 6.45) is 0. The molecule has 2 N–H and O–H groups in total. The van der Waals surface area contributed by atoms with Crippen molar-refractivity contribution in [2.75, 3.05) is 19.0 Å². The lowest BCUT2D eigenvalue weighted by molar-refractivity contribution is 0.340. The fraction of sp³-hybridized carbons (Fsp3) is 0.250. The van der Waals surface area contributed by atoms with Crippen LogP contribution in [0, 0.1) is 0 Å². The van der Waals surface area contributed by atoms with Gasteiger partial charge >= 0.3 is 0 Å². The third-order valence-corrected chi connectivity index (χ3v) is 3.30. The van der Waals surface area contributed by atoms with E-state index in [0.717, 1.165) is 11.3 Å². The Bertz CT molecular complexity index is 616. The summed E-state index contributed by atoms with van der Waals surface area (Å²) in [5.41, 5.74) is 1.60. The minimum atomic E-state index is 0.223. The number of phenolic OH excluding ortho intramolecular Hbond substituents is 1. The van der Waals surface area contributed by atoms with Gasteiger partial charge in [-0.1, -0.05) is 11.6 Å². The van der Waals surface area contributed by atoms with E-state index < -0.39 is 0 Å². The van der Waals surface area contributed by atoms with Crippen LogP contribution in [0.5, 0.6) is 17.2 Å². The maximum atomic E-state index is 9.84. The first kappa shape index (κ1) is 15.3. The lowest BCUT2D eigenvalue weighted by Crippen LogP contribution is -2.01. The van der Waals surface area contributed by atoms with Gasteiger partial charge in [-0.05, 0) is 43.3 Å². The Labute approximate surface area is 129 Å². The molecule has 2 rings (SSSR count). The molecule has 4 nitrogen and oxygen atoms in total. The van der Waals surface area contributed by atoms with Crippen molar-refractivity contribution in [3.05, 3.63) is 47.0 Å². The molecule has 0 atom stereocenters. The Morgan fingerprint density at radius 1 is 1.19 bits per heavy atom. The van der Waals surface area contributed by atoms with E-state index in [1.54, 1.807) is 31.4 Å². The Morgan fingerprint density at radius 3 is 2.67 bits per heavy atom. The number of hydrogen-bond acceptors (Lipinski definition) is 4. The van der Waals surface area contributed by atoms with Crippen LogP contribution in [0.3, 0.4) is 0 Å². The normalized spacial score (nSPS) is 10.2. The molecule has 112 valence electrons. The summed E-state index contributed by atoms with van der Waals surface area (Å²) in [7, 11) is 1.59. The number of anilines is 1. The molecule has 0 aliphatic heterocycles. The quantitative estimate of drug-likeness (QED) is 0.845. The Balaban J connectivity index is 2.07. The van der Waals surface area contributed by atoms with E-state index in [4.69, 9.17) is 21.1 Å². The van der Waals surface area contributed by atoms with Crippen molar-refractivity contribution < 1.29 is 14.6 Å². The molecule has 2 aromatic carbocycles. The largest absolute Gasteiger partial charge is 0.508 e. The van der Waals surface area contributed by atoms with Crippen molar-refractivity contribution >= 4 is 17.3 Å². The van der Waals surface area contributed by atoms with E-state index in [1.807, 2.05) is 19.1 Å². The third kappa shape index (κ3) is 3.95. The minimum Gasteiger partial charge on any atom is -0.508 e. The van der Waals surface area contributed by atoms with Gasteiger partial charge in [0.15, 0.2) is 0 Å². The van der Waals surface area contributed by atoms with Gasteiger partial charge in [-0.25, -0.2) is 0 Å². The van der Waals surface area contributed by atoms with Crippen LogP contribution in [-0.4, -0.2) is 18.8 Å². The van der Waals surface area contributed by atoms with Crippen LogP contribution in [0.25, 0.3) is 0 Å². The van der Waals surface area contributed by atoms with Crippen molar-refractivity contribution in [3.63, 3.8) is 0 Å². The number of rotatable bonds is 6. The van der Waals surface area contributed by atoms with Crippen molar-refractivity contribution in [1.82, 2.24) is 0 Å². The highest BCUT2D eigenvalue weighted by Crippen LogP contribution is 2.29. The van der Waals surface area contributed by atoms with Crippen LogP contribution < -0.4 is 14.8 Å². The first-order valence-corrected chi connectivity index (χ1v) is 7.04. The summed E-state index contributed by atoms with van der Waals surface area (Å²) in [6.45, 7) is 2.95. The van der Waals surface area contributed by atoms with Crippen molar-refractivity contribution in [1.29, 1.82) is 0 Å². The molecule has 2 aromatic rings. The molecule has 0 radical (unpaired) electrons. The van der Waals surface area contributed by atoms with Gasteiger partial charge in [0.05, 0.1) is 18.7 Å². The van der Waals surface area contributed by atoms with Crippen LogP contribution in [0.1, 0.15) is 12.5 Å². The van der Waals surface area contributed by atoms with Gasteiger partial charge in [-0.2, -0.15) is 0 Å². The fourth-order valence-corrected chi connectivity index (χ4v) is 2.15. The van der Waals surface area contributed by atoms with Gasteiger partial charge in [-0.15, -0.1) is 0 Å². The SMILES string of the molecule is CCOc1ccc(NCc2cc(OC)ccc2O)cc1Cl. The summed E-state index contributed by atoms with van der Waals surface area (Å²) in [6, 6.07) is 10.6. The van der Waals surface area contributed by atoms with Gasteiger partial charge in [0.25, 0.3) is 0 Å². The van der Waals surface area contributed by atoms with Gasteiger partial charge in [0.1, 0.15) is 17.2 Å². The topological polar surface area (TPSA) is 50.7 Å². The second kappa shape index (κ2) is 7.09. The molecule has 0 heterocycles. The van der Waals surface area contributed by atoms with Gasteiger partial charge < -0.3 is 19.9 Å². The summed E-state index contributed by atoms with van der Waals surface area (Å²) < 4.78 is 10.5. The van der Waals surface area contributed by atoms with Gasteiger partial charge in [-0.3, -0.25) is 0 Å². The molecule has 0 fully saturated rings. The van der Waals surface area contributed by atoms with E-state index >= 15 is 0 Å². The zero-order chi connectivity index (χ0) is 15.2. The number of nitrogens with one attached hydrogen (secondary N) is 1. The molecule has 5 heteroatoms. The average molecular weight is 308 g/mol. The molecule has 0 bridgehead atoms. The molecule has 0 saturated carbocycles. The van der Waals surface area contributed by atoms with Crippen LogP contribution in [0.2, 0.25) is 5.02 Å². The fourth-order valence-electron chi connectivity index (χ4n) is 1.91. The minimum absolute atomic E-state index is 0.223. The van der Waals surface area contributed by atoms with Crippen LogP contribution in [0.15, 0.2) is 36.4 Å². The molecular weight excluding hydrogens is 290 g/mol. The third-order valence-electron chi connectivity index (χ3n) is 3.00. The smallest absolute Gasteiger partial charge is 0.138 e. The maximum Gasteiger partial charge on any atom is 0.138 e. The summed E-state index contributed by atoms with van der Waals surface area (Å²) in [5, 5.41) is 13.6. The highest BCUT2D eigenvalue weighted by atomic mass is 35.5. The molecule has 0 aliphatic carbocycles. The Hall–Kier alpha value is -2.07. The maximum absolute atomic E-state index is 9.84. The van der Waals surface area contributed by atoms with E-state index in [2.05, 4.69) is 5.32 Å². The zero-order valence-corrected chi connectivity index (χ0v) is 12.8. The molecule has 0 unspecified atom stereocenters. The Kier molecular flexibility index (Phi) is 5.17.